The summed E-state index contributed by atoms with van der Waals surface area (Å²) in [7, 11) is 1.60. The smallest absolute Gasteiger partial charge is 0.343 e. The molecular formula is C25H18ClIO4. The molecule has 0 saturated carbocycles. The predicted molar refractivity (Wildman–Crippen MR) is 130 cm³/mol. The van der Waals surface area contributed by atoms with E-state index < -0.39 is 5.97 Å². The van der Waals surface area contributed by atoms with E-state index >= 15 is 0 Å². The molecule has 3 aromatic carbocycles. The summed E-state index contributed by atoms with van der Waals surface area (Å²) in [5, 5.41) is 0.626. The second kappa shape index (κ2) is 9.58. The lowest BCUT2D eigenvalue weighted by atomic mass is 10.1. The molecule has 0 saturated heterocycles. The molecule has 1 aliphatic rings. The first kappa shape index (κ1) is 21.5. The first-order chi connectivity index (χ1) is 15.0. The molecule has 4 nitrogen and oxygen atoms in total. The summed E-state index contributed by atoms with van der Waals surface area (Å²) >= 11 is 8.14. The minimum absolute atomic E-state index is 0.400. The van der Waals surface area contributed by atoms with Crippen LogP contribution in [0.5, 0.6) is 11.5 Å². The van der Waals surface area contributed by atoms with Gasteiger partial charge in [0, 0.05) is 10.6 Å². The van der Waals surface area contributed by atoms with Crippen molar-refractivity contribution in [3.05, 3.63) is 104 Å². The van der Waals surface area contributed by atoms with Gasteiger partial charge in [-0.15, -0.1) is 0 Å². The number of carbonyl (C=O) groups excluding carboxylic acids is 1. The minimum Gasteiger partial charge on any atom is -0.493 e. The topological polar surface area (TPSA) is 44.8 Å². The summed E-state index contributed by atoms with van der Waals surface area (Å²) in [5.74, 6) is 1.36. The van der Waals surface area contributed by atoms with Crippen LogP contribution in [0.25, 0.3) is 11.8 Å². The lowest BCUT2D eigenvalue weighted by Gasteiger charge is -2.14. The molecule has 0 bridgehead atoms. The predicted octanol–water partition coefficient (Wildman–Crippen LogP) is 6.51. The number of carbonyl (C=O) groups is 1. The maximum Gasteiger partial charge on any atom is 0.343 e. The molecular weight excluding hydrogens is 527 g/mol. The molecule has 0 spiro atoms. The SMILES string of the molecule is COc1cc(/C=C2\C=C(c3ccc(Cl)cc3)OC2=O)cc(I)c1OCc1ccccc1. The van der Waals surface area contributed by atoms with Crippen LogP contribution >= 0.6 is 34.2 Å². The van der Waals surface area contributed by atoms with Crippen molar-refractivity contribution in [2.75, 3.05) is 7.11 Å². The number of hydrogen-bond acceptors (Lipinski definition) is 4. The van der Waals surface area contributed by atoms with Gasteiger partial charge in [0.2, 0.25) is 0 Å². The normalized spacial score (nSPS) is 14.4. The zero-order chi connectivity index (χ0) is 21.8. The Morgan fingerprint density at radius 3 is 2.52 bits per heavy atom. The Hall–Kier alpha value is -2.77. The van der Waals surface area contributed by atoms with Crippen molar-refractivity contribution < 1.29 is 19.0 Å². The fourth-order valence-electron chi connectivity index (χ4n) is 3.12. The van der Waals surface area contributed by atoms with Gasteiger partial charge in [0.05, 0.1) is 16.3 Å². The Bertz CT molecular complexity index is 1170. The molecule has 0 fully saturated rings. The van der Waals surface area contributed by atoms with Crippen molar-refractivity contribution in [3.63, 3.8) is 0 Å². The van der Waals surface area contributed by atoms with Crippen molar-refractivity contribution in [1.29, 1.82) is 0 Å². The number of esters is 1. The van der Waals surface area contributed by atoms with Gasteiger partial charge in [-0.2, -0.15) is 0 Å². The van der Waals surface area contributed by atoms with E-state index in [0.717, 1.165) is 20.3 Å². The fraction of sp³-hybridized carbons (Fsp3) is 0.0800. The molecule has 1 heterocycles. The molecule has 3 aromatic rings. The Morgan fingerprint density at radius 2 is 1.81 bits per heavy atom. The summed E-state index contributed by atoms with van der Waals surface area (Å²) in [4.78, 5) is 12.4. The lowest BCUT2D eigenvalue weighted by molar-refractivity contribution is -0.130. The zero-order valence-corrected chi connectivity index (χ0v) is 19.5. The largest absolute Gasteiger partial charge is 0.493 e. The molecule has 0 N–H and O–H groups in total. The summed E-state index contributed by atoms with van der Waals surface area (Å²) < 4.78 is 17.9. The molecule has 0 atom stereocenters. The van der Waals surface area contributed by atoms with E-state index in [-0.39, 0.29) is 0 Å². The van der Waals surface area contributed by atoms with Gasteiger partial charge in [0.1, 0.15) is 12.4 Å². The monoisotopic (exact) mass is 544 g/mol. The molecule has 1 aliphatic heterocycles. The molecule has 0 aromatic heterocycles. The number of halogens is 2. The molecule has 0 unspecified atom stereocenters. The summed E-state index contributed by atoms with van der Waals surface area (Å²) in [6, 6.07) is 20.9. The van der Waals surface area contributed by atoms with E-state index in [1.807, 2.05) is 54.6 Å². The number of ether oxygens (including phenoxy) is 3. The second-order valence-electron chi connectivity index (χ2n) is 6.81. The highest BCUT2D eigenvalue weighted by Crippen LogP contribution is 2.36. The van der Waals surface area contributed by atoms with Gasteiger partial charge in [-0.1, -0.05) is 41.9 Å². The Balaban J connectivity index is 1.59. The van der Waals surface area contributed by atoms with E-state index in [4.69, 9.17) is 25.8 Å². The van der Waals surface area contributed by atoms with Gasteiger partial charge >= 0.3 is 5.97 Å². The van der Waals surface area contributed by atoms with E-state index in [1.54, 1.807) is 31.4 Å². The molecule has 156 valence electrons. The van der Waals surface area contributed by atoms with Crippen molar-refractivity contribution in [1.82, 2.24) is 0 Å². The van der Waals surface area contributed by atoms with Crippen LogP contribution in [0.4, 0.5) is 0 Å². The quantitative estimate of drug-likeness (QED) is 0.202. The van der Waals surface area contributed by atoms with Crippen LogP contribution < -0.4 is 9.47 Å². The van der Waals surface area contributed by atoms with Crippen LogP contribution in [-0.2, 0) is 16.1 Å². The highest BCUT2D eigenvalue weighted by molar-refractivity contribution is 14.1. The molecule has 31 heavy (non-hydrogen) atoms. The van der Waals surface area contributed by atoms with E-state index in [9.17, 15) is 4.79 Å². The van der Waals surface area contributed by atoms with Gasteiger partial charge in [-0.05, 0) is 82.3 Å². The highest BCUT2D eigenvalue weighted by atomic mass is 127. The zero-order valence-electron chi connectivity index (χ0n) is 16.6. The molecule has 0 amide bonds. The Kier molecular flexibility index (Phi) is 6.63. The van der Waals surface area contributed by atoms with Crippen LogP contribution in [-0.4, -0.2) is 13.1 Å². The standard InChI is InChI=1S/C25H18ClIO4/c1-29-23-13-17(12-21(27)24(23)30-15-16-5-3-2-4-6-16)11-19-14-22(31-25(19)28)18-7-9-20(26)10-8-18/h2-14H,15H2,1H3/b19-11+. The second-order valence-corrected chi connectivity index (χ2v) is 8.41. The van der Waals surface area contributed by atoms with E-state index in [0.29, 0.717) is 34.5 Å². The number of hydrogen-bond donors (Lipinski definition) is 0. The maximum absolute atomic E-state index is 12.4. The van der Waals surface area contributed by atoms with Crippen molar-refractivity contribution in [2.24, 2.45) is 0 Å². The van der Waals surface area contributed by atoms with Crippen LogP contribution in [0.3, 0.4) is 0 Å². The van der Waals surface area contributed by atoms with E-state index in [1.165, 1.54) is 0 Å². The van der Waals surface area contributed by atoms with Crippen LogP contribution in [0, 0.1) is 3.57 Å². The number of benzene rings is 3. The lowest BCUT2D eigenvalue weighted by Crippen LogP contribution is -2.00. The number of methoxy groups -OCH3 is 1. The fourth-order valence-corrected chi connectivity index (χ4v) is 4.02. The Morgan fingerprint density at radius 1 is 1.06 bits per heavy atom. The average molecular weight is 545 g/mol. The van der Waals surface area contributed by atoms with E-state index in [2.05, 4.69) is 22.6 Å². The van der Waals surface area contributed by atoms with Gasteiger partial charge in [0.25, 0.3) is 0 Å². The van der Waals surface area contributed by atoms with Crippen molar-refractivity contribution in [2.45, 2.75) is 6.61 Å². The summed E-state index contributed by atoms with van der Waals surface area (Å²) in [6.07, 6.45) is 3.50. The van der Waals surface area contributed by atoms with Gasteiger partial charge < -0.3 is 14.2 Å². The van der Waals surface area contributed by atoms with Crippen molar-refractivity contribution in [3.8, 4) is 11.5 Å². The van der Waals surface area contributed by atoms with Gasteiger partial charge in [-0.3, -0.25) is 0 Å². The third-order valence-corrected chi connectivity index (χ3v) is 5.71. The van der Waals surface area contributed by atoms with Crippen LogP contribution in [0.15, 0.2) is 78.4 Å². The Labute approximate surface area is 199 Å². The highest BCUT2D eigenvalue weighted by Gasteiger charge is 2.22. The third-order valence-electron chi connectivity index (χ3n) is 4.65. The van der Waals surface area contributed by atoms with Crippen LogP contribution in [0.2, 0.25) is 5.02 Å². The third kappa shape index (κ3) is 5.11. The van der Waals surface area contributed by atoms with Crippen molar-refractivity contribution >= 4 is 52.0 Å². The molecule has 0 radical (unpaired) electrons. The number of rotatable bonds is 6. The minimum atomic E-state index is -0.400. The number of cyclic esters (lactones) is 1. The molecule has 0 aliphatic carbocycles. The molecule has 4 rings (SSSR count). The van der Waals surface area contributed by atoms with Gasteiger partial charge in [0.15, 0.2) is 11.5 Å². The summed E-state index contributed by atoms with van der Waals surface area (Å²) in [5.41, 5.74) is 3.13. The first-order valence-electron chi connectivity index (χ1n) is 9.49. The summed E-state index contributed by atoms with van der Waals surface area (Å²) in [6.45, 7) is 0.438. The maximum atomic E-state index is 12.4. The van der Waals surface area contributed by atoms with Gasteiger partial charge in [-0.25, -0.2) is 4.79 Å². The van der Waals surface area contributed by atoms with Crippen LogP contribution in [0.1, 0.15) is 16.7 Å². The first-order valence-corrected chi connectivity index (χ1v) is 10.9. The molecule has 6 heteroatoms. The average Bonchev–Trinajstić information content (AvgIpc) is 3.14.